The lowest BCUT2D eigenvalue weighted by molar-refractivity contribution is 0.107. The van der Waals surface area contributed by atoms with Crippen molar-refractivity contribution in [1.82, 2.24) is 0 Å². The van der Waals surface area contributed by atoms with Crippen molar-refractivity contribution in [1.29, 1.82) is 0 Å². The second-order valence-electron chi connectivity index (χ2n) is 1.44. The molecule has 0 heterocycles. The summed E-state index contributed by atoms with van der Waals surface area (Å²) in [5, 5.41) is 0. The third-order valence-electron chi connectivity index (χ3n) is 0.977. The molecule has 0 N–H and O–H groups in total. The lowest BCUT2D eigenvalue weighted by Gasteiger charge is -2.07. The average Bonchev–Trinajstić information content (AvgIpc) is 1.72. The summed E-state index contributed by atoms with van der Waals surface area (Å²) in [5.41, 5.74) is 0. The highest BCUT2D eigenvalue weighted by Crippen LogP contribution is 1.97. The fourth-order valence-corrected chi connectivity index (χ4v) is 0.380. The monoisotopic (exact) mass is 100 g/mol. The normalized spacial score (nSPS) is 10.3. The topological polar surface area (TPSA) is 9.23 Å². The van der Waals surface area contributed by atoms with Crippen molar-refractivity contribution in [2.24, 2.45) is 0 Å². The van der Waals surface area contributed by atoms with Crippen LogP contribution in [-0.4, -0.2) is 13.2 Å². The molecule has 0 aliphatic carbocycles. The van der Waals surface area contributed by atoms with Crippen molar-refractivity contribution in [2.75, 3.05) is 7.11 Å². The molecule has 7 heavy (non-hydrogen) atoms. The van der Waals surface area contributed by atoms with E-state index in [1.807, 2.05) is 0 Å². The van der Waals surface area contributed by atoms with E-state index in [0.717, 1.165) is 12.8 Å². The first kappa shape index (κ1) is 6.96. The van der Waals surface area contributed by atoms with Gasteiger partial charge in [0.1, 0.15) is 0 Å². The Bertz CT molecular complexity index is 25.7. The largest absolute Gasteiger partial charge is 0.381 e. The van der Waals surface area contributed by atoms with Crippen LogP contribution < -0.4 is 0 Å². The predicted molar refractivity (Wildman–Crippen MR) is 30.7 cm³/mol. The summed E-state index contributed by atoms with van der Waals surface area (Å²) in [7, 11) is 1.68. The smallest absolute Gasteiger partial charge is 0.0571 e. The molecule has 0 atom stereocenters. The maximum atomic E-state index is 4.92. The molecule has 2 radical (unpaired) electrons. The summed E-state index contributed by atoms with van der Waals surface area (Å²) in [4.78, 5) is 0. The molecule has 0 aromatic heterocycles. The Hall–Kier alpha value is -0.0400. The van der Waals surface area contributed by atoms with Crippen LogP contribution in [0.4, 0.5) is 0 Å². The molecule has 0 aromatic rings. The van der Waals surface area contributed by atoms with Crippen LogP contribution in [0.5, 0.6) is 0 Å². The fourth-order valence-electron chi connectivity index (χ4n) is 0.380. The molecule has 0 rings (SSSR count). The molecular formula is C6H12O. The number of ether oxygens (including phenoxy) is 1. The third kappa shape index (κ3) is 2.63. The molecule has 0 aliphatic rings. The van der Waals surface area contributed by atoms with Gasteiger partial charge in [-0.25, -0.2) is 0 Å². The van der Waals surface area contributed by atoms with Crippen LogP contribution in [0.25, 0.3) is 0 Å². The first-order valence-electron chi connectivity index (χ1n) is 2.46. The maximum absolute atomic E-state index is 4.92. The van der Waals surface area contributed by atoms with E-state index in [9.17, 15) is 0 Å². The quantitative estimate of drug-likeness (QED) is 0.521. The third-order valence-corrected chi connectivity index (χ3v) is 0.977. The zero-order valence-electron chi connectivity index (χ0n) is 4.81. The Balaban J connectivity index is 2.99. The number of hydrogen-bond acceptors (Lipinski definition) is 1. The van der Waals surface area contributed by atoms with Crippen molar-refractivity contribution in [3.8, 4) is 0 Å². The number of methoxy groups -OCH3 is 1. The molecule has 0 unspecified atom stereocenters. The molecule has 0 saturated heterocycles. The minimum Gasteiger partial charge on any atom is -0.381 e. The fraction of sp³-hybridized carbons (Fsp3) is 0.667. The Morgan fingerprint density at radius 2 is 1.86 bits per heavy atom. The molecule has 1 heteroatoms. The molecule has 42 valence electrons. The Labute approximate surface area is 45.7 Å². The van der Waals surface area contributed by atoms with Gasteiger partial charge in [-0.1, -0.05) is 13.8 Å². The van der Waals surface area contributed by atoms with Crippen LogP contribution in [0.1, 0.15) is 12.8 Å². The van der Waals surface area contributed by atoms with E-state index in [1.54, 1.807) is 7.11 Å². The second kappa shape index (κ2) is 4.13. The van der Waals surface area contributed by atoms with Crippen LogP contribution in [0.15, 0.2) is 0 Å². The maximum Gasteiger partial charge on any atom is 0.0571 e. The molecule has 0 saturated carbocycles. The van der Waals surface area contributed by atoms with Gasteiger partial charge in [-0.15, -0.1) is 0 Å². The minimum atomic E-state index is 0.264. The summed E-state index contributed by atoms with van der Waals surface area (Å²) >= 11 is 0. The van der Waals surface area contributed by atoms with E-state index in [1.165, 1.54) is 0 Å². The zero-order valence-corrected chi connectivity index (χ0v) is 4.81. The molecular weight excluding hydrogens is 88.1 g/mol. The van der Waals surface area contributed by atoms with Gasteiger partial charge in [0.15, 0.2) is 0 Å². The van der Waals surface area contributed by atoms with Gasteiger partial charge in [0.2, 0.25) is 0 Å². The van der Waals surface area contributed by atoms with Gasteiger partial charge in [0, 0.05) is 7.11 Å². The lowest BCUT2D eigenvalue weighted by atomic mass is 10.2. The highest BCUT2D eigenvalue weighted by Gasteiger charge is 1.96. The average molecular weight is 100 g/mol. The van der Waals surface area contributed by atoms with E-state index in [4.69, 9.17) is 4.74 Å². The standard InChI is InChI=1S/C6H12O/c1-4-6(5-2)7-3/h6H,1-2,4-5H2,3H3. The summed E-state index contributed by atoms with van der Waals surface area (Å²) in [6, 6.07) is 0. The van der Waals surface area contributed by atoms with E-state index < -0.39 is 0 Å². The molecule has 1 nitrogen and oxygen atoms in total. The van der Waals surface area contributed by atoms with Crippen molar-refractivity contribution in [2.45, 2.75) is 18.9 Å². The summed E-state index contributed by atoms with van der Waals surface area (Å²) in [6.45, 7) is 7.33. The van der Waals surface area contributed by atoms with Gasteiger partial charge in [-0.3, -0.25) is 0 Å². The van der Waals surface area contributed by atoms with Gasteiger partial charge in [-0.2, -0.15) is 0 Å². The molecule has 0 amide bonds. The summed E-state index contributed by atoms with van der Waals surface area (Å²) in [5.74, 6) is 0. The van der Waals surface area contributed by atoms with Crippen molar-refractivity contribution < 1.29 is 4.74 Å². The molecule has 0 spiro atoms. The van der Waals surface area contributed by atoms with Crippen molar-refractivity contribution >= 4 is 0 Å². The SMILES string of the molecule is [CH2]CC(C[CH2])OC. The lowest BCUT2D eigenvalue weighted by Crippen LogP contribution is -2.05. The first-order chi connectivity index (χ1) is 3.35. The van der Waals surface area contributed by atoms with Gasteiger partial charge in [0.05, 0.1) is 6.10 Å². The Morgan fingerprint density at radius 1 is 1.43 bits per heavy atom. The highest BCUT2D eigenvalue weighted by atomic mass is 16.5. The van der Waals surface area contributed by atoms with E-state index >= 15 is 0 Å². The minimum absolute atomic E-state index is 0.264. The molecule has 0 bridgehead atoms. The van der Waals surface area contributed by atoms with Gasteiger partial charge in [0.25, 0.3) is 0 Å². The Kier molecular flexibility index (Phi) is 4.10. The van der Waals surface area contributed by atoms with Crippen LogP contribution in [0, 0.1) is 13.8 Å². The van der Waals surface area contributed by atoms with Crippen molar-refractivity contribution in [3.05, 3.63) is 13.8 Å². The van der Waals surface area contributed by atoms with Gasteiger partial charge < -0.3 is 4.74 Å². The zero-order chi connectivity index (χ0) is 5.70. The van der Waals surface area contributed by atoms with E-state index in [0.29, 0.717) is 0 Å². The van der Waals surface area contributed by atoms with Crippen LogP contribution in [-0.2, 0) is 4.74 Å². The van der Waals surface area contributed by atoms with Crippen LogP contribution in [0.2, 0.25) is 0 Å². The van der Waals surface area contributed by atoms with Gasteiger partial charge in [-0.05, 0) is 12.8 Å². The number of hydrogen-bond donors (Lipinski definition) is 0. The summed E-state index contributed by atoms with van der Waals surface area (Å²) in [6.07, 6.45) is 1.90. The highest BCUT2D eigenvalue weighted by molar-refractivity contribution is 4.58. The molecule has 0 fully saturated rings. The predicted octanol–water partition coefficient (Wildman–Crippen LogP) is 1.45. The van der Waals surface area contributed by atoms with Crippen molar-refractivity contribution in [3.63, 3.8) is 0 Å². The van der Waals surface area contributed by atoms with E-state index in [-0.39, 0.29) is 6.10 Å². The summed E-state index contributed by atoms with van der Waals surface area (Å²) < 4.78 is 4.92. The second-order valence-corrected chi connectivity index (χ2v) is 1.44. The Morgan fingerprint density at radius 3 is 1.86 bits per heavy atom. The van der Waals surface area contributed by atoms with Crippen LogP contribution >= 0.6 is 0 Å². The van der Waals surface area contributed by atoms with E-state index in [2.05, 4.69) is 13.8 Å². The molecule has 0 aromatic carbocycles. The van der Waals surface area contributed by atoms with Gasteiger partial charge >= 0.3 is 0 Å². The molecule has 0 aliphatic heterocycles. The number of rotatable bonds is 3. The first-order valence-corrected chi connectivity index (χ1v) is 2.46. The van der Waals surface area contributed by atoms with Crippen LogP contribution in [0.3, 0.4) is 0 Å².